The zero-order chi connectivity index (χ0) is 20.5. The minimum atomic E-state index is -0.985. The van der Waals surface area contributed by atoms with Crippen LogP contribution in [0.4, 0.5) is 4.79 Å². The van der Waals surface area contributed by atoms with Gasteiger partial charge in [0.05, 0.1) is 19.3 Å². The van der Waals surface area contributed by atoms with Gasteiger partial charge in [0.2, 0.25) is 0 Å². The first kappa shape index (κ1) is 25.4. The van der Waals surface area contributed by atoms with Gasteiger partial charge in [-0.15, -0.1) is 0 Å². The Labute approximate surface area is 164 Å². The Kier molecular flexibility index (Phi) is 14.6. The highest BCUT2D eigenvalue weighted by molar-refractivity contribution is 5.83. The number of carbonyl (C=O) groups excluding carboxylic acids is 2. The molecule has 2 atom stereocenters. The molecule has 0 fully saturated rings. The van der Waals surface area contributed by atoms with E-state index >= 15 is 0 Å². The summed E-state index contributed by atoms with van der Waals surface area (Å²) in [6, 6.07) is -0.979. The minimum absolute atomic E-state index is 0.303. The lowest BCUT2D eigenvalue weighted by Crippen LogP contribution is -2.41. The average Bonchev–Trinajstić information content (AvgIpc) is 2.65. The molecule has 158 valence electrons. The third-order valence-electron chi connectivity index (χ3n) is 4.45. The number of ether oxygens (including phenoxy) is 2. The summed E-state index contributed by atoms with van der Waals surface area (Å²) < 4.78 is 9.78. The molecule has 0 aromatic heterocycles. The molecule has 0 saturated heterocycles. The highest BCUT2D eigenvalue weighted by Crippen LogP contribution is 2.23. The molecule has 0 aromatic rings. The van der Waals surface area contributed by atoms with Gasteiger partial charge in [0.1, 0.15) is 6.04 Å². The minimum Gasteiger partial charge on any atom is -0.467 e. The number of nitrogens with one attached hydrogen (secondary N) is 1. The number of unbranched alkanes of at least 4 members (excludes halogenated alkanes) is 5. The van der Waals surface area contributed by atoms with E-state index in [1.54, 1.807) is 6.08 Å². The first-order valence-corrected chi connectivity index (χ1v) is 10.3. The van der Waals surface area contributed by atoms with Crippen LogP contribution in [0.2, 0.25) is 0 Å². The Balaban J connectivity index is 4.85. The smallest absolute Gasteiger partial charge is 0.408 e. The summed E-state index contributed by atoms with van der Waals surface area (Å²) >= 11 is 0. The van der Waals surface area contributed by atoms with Crippen molar-refractivity contribution in [3.8, 4) is 0 Å². The summed E-state index contributed by atoms with van der Waals surface area (Å²) in [4.78, 5) is 23.8. The van der Waals surface area contributed by atoms with Crippen molar-refractivity contribution in [2.45, 2.75) is 96.6 Å². The second-order valence-corrected chi connectivity index (χ2v) is 7.01. The molecule has 0 aliphatic heterocycles. The third-order valence-corrected chi connectivity index (χ3v) is 4.45. The van der Waals surface area contributed by atoms with Crippen LogP contribution >= 0.6 is 0 Å². The number of carbonyl (C=O) groups is 2. The molecule has 0 rings (SSSR count). The fraction of sp³-hybridized carbons (Fsp3) is 0.810. The van der Waals surface area contributed by atoms with E-state index in [4.69, 9.17) is 9.47 Å². The summed E-state index contributed by atoms with van der Waals surface area (Å²) in [5, 5.41) is 13.4. The van der Waals surface area contributed by atoms with E-state index in [0.717, 1.165) is 32.1 Å². The molecule has 1 amide bonds. The number of hydrogen-bond donors (Lipinski definition) is 2. The maximum Gasteiger partial charge on any atom is 0.408 e. The van der Waals surface area contributed by atoms with Crippen molar-refractivity contribution in [3.63, 3.8) is 0 Å². The Bertz CT molecular complexity index is 438. The van der Waals surface area contributed by atoms with E-state index in [2.05, 4.69) is 12.2 Å². The fourth-order valence-corrected chi connectivity index (χ4v) is 2.83. The highest BCUT2D eigenvalue weighted by Gasteiger charge is 2.25. The summed E-state index contributed by atoms with van der Waals surface area (Å²) in [6.45, 7) is 6.48. The van der Waals surface area contributed by atoms with Crippen LogP contribution in [0, 0.1) is 0 Å². The molecule has 0 aliphatic carbocycles. The second-order valence-electron chi connectivity index (χ2n) is 7.01. The molecular weight excluding hydrogens is 346 g/mol. The highest BCUT2D eigenvalue weighted by atomic mass is 16.6. The van der Waals surface area contributed by atoms with Crippen molar-refractivity contribution in [2.24, 2.45) is 0 Å². The lowest BCUT2D eigenvalue weighted by Gasteiger charge is -2.25. The first-order chi connectivity index (χ1) is 12.9. The summed E-state index contributed by atoms with van der Waals surface area (Å²) in [5.41, 5.74) is -0.985. The molecule has 0 saturated carbocycles. The van der Waals surface area contributed by atoms with Gasteiger partial charge in [-0.3, -0.25) is 0 Å². The lowest BCUT2D eigenvalue weighted by molar-refractivity contribution is -0.141. The molecule has 0 aromatic carbocycles. The van der Waals surface area contributed by atoms with Crippen LogP contribution in [-0.2, 0) is 14.3 Å². The number of hydrogen-bond acceptors (Lipinski definition) is 5. The van der Waals surface area contributed by atoms with Gasteiger partial charge in [0.25, 0.3) is 0 Å². The first-order valence-electron chi connectivity index (χ1n) is 10.3. The van der Waals surface area contributed by atoms with E-state index in [1.165, 1.54) is 32.4 Å². The van der Waals surface area contributed by atoms with Crippen molar-refractivity contribution in [1.82, 2.24) is 5.32 Å². The lowest BCUT2D eigenvalue weighted by atomic mass is 9.90. The zero-order valence-electron chi connectivity index (χ0n) is 17.6. The Morgan fingerprint density at radius 2 is 1.67 bits per heavy atom. The van der Waals surface area contributed by atoms with Crippen LogP contribution in [0.3, 0.4) is 0 Å². The van der Waals surface area contributed by atoms with Crippen molar-refractivity contribution >= 4 is 12.1 Å². The normalized spacial score (nSPS) is 14.6. The van der Waals surface area contributed by atoms with E-state index in [0.29, 0.717) is 19.4 Å². The molecule has 2 unspecified atom stereocenters. The van der Waals surface area contributed by atoms with Crippen LogP contribution < -0.4 is 5.32 Å². The Hall–Kier alpha value is -1.56. The van der Waals surface area contributed by atoms with Crippen molar-refractivity contribution in [3.05, 3.63) is 12.2 Å². The number of amides is 1. The quantitative estimate of drug-likeness (QED) is 0.246. The maximum atomic E-state index is 12.0. The van der Waals surface area contributed by atoms with E-state index < -0.39 is 23.7 Å². The molecule has 27 heavy (non-hydrogen) atoms. The van der Waals surface area contributed by atoms with E-state index in [9.17, 15) is 14.7 Å². The van der Waals surface area contributed by atoms with Gasteiger partial charge in [0, 0.05) is 0 Å². The van der Waals surface area contributed by atoms with Gasteiger partial charge in [-0.1, -0.05) is 77.9 Å². The zero-order valence-corrected chi connectivity index (χ0v) is 17.6. The van der Waals surface area contributed by atoms with Crippen molar-refractivity contribution in [2.75, 3.05) is 13.7 Å². The molecule has 6 heteroatoms. The predicted molar refractivity (Wildman–Crippen MR) is 108 cm³/mol. The molecule has 0 heterocycles. The SMILES string of the molecule is CCCCCCCC(O)(/C=C/C(NC(=O)OCCCC)C(=O)OC)CCC. The maximum absolute atomic E-state index is 12.0. The second kappa shape index (κ2) is 15.5. The van der Waals surface area contributed by atoms with E-state index in [1.807, 2.05) is 13.8 Å². The molecule has 6 nitrogen and oxygen atoms in total. The van der Waals surface area contributed by atoms with Gasteiger partial charge in [0.15, 0.2) is 0 Å². The molecule has 0 aliphatic rings. The summed E-state index contributed by atoms with van der Waals surface area (Å²) in [6.07, 6.45) is 11.8. The van der Waals surface area contributed by atoms with Crippen molar-refractivity contribution < 1.29 is 24.2 Å². The van der Waals surface area contributed by atoms with Gasteiger partial charge in [-0.25, -0.2) is 9.59 Å². The van der Waals surface area contributed by atoms with Crippen LogP contribution in [-0.4, -0.2) is 42.5 Å². The molecule has 2 N–H and O–H groups in total. The largest absolute Gasteiger partial charge is 0.467 e. The van der Waals surface area contributed by atoms with Crippen molar-refractivity contribution in [1.29, 1.82) is 0 Å². The van der Waals surface area contributed by atoms with Crippen LogP contribution in [0.5, 0.6) is 0 Å². The van der Waals surface area contributed by atoms with Crippen LogP contribution in [0.15, 0.2) is 12.2 Å². The molecule has 0 spiro atoms. The predicted octanol–water partition coefficient (Wildman–Crippen LogP) is 4.50. The monoisotopic (exact) mass is 385 g/mol. The van der Waals surface area contributed by atoms with E-state index in [-0.39, 0.29) is 0 Å². The summed E-state index contributed by atoms with van der Waals surface area (Å²) in [7, 11) is 1.26. The van der Waals surface area contributed by atoms with Crippen LogP contribution in [0.1, 0.15) is 85.0 Å². The number of methoxy groups -OCH3 is 1. The van der Waals surface area contributed by atoms with Gasteiger partial charge >= 0.3 is 12.1 Å². The Morgan fingerprint density at radius 3 is 2.26 bits per heavy atom. The number of esters is 1. The average molecular weight is 386 g/mol. The number of rotatable bonds is 15. The van der Waals surface area contributed by atoms with Gasteiger partial charge < -0.3 is 19.9 Å². The number of aliphatic hydroxyl groups is 1. The van der Waals surface area contributed by atoms with Gasteiger partial charge in [-0.05, 0) is 19.3 Å². The Morgan fingerprint density at radius 1 is 1.00 bits per heavy atom. The topological polar surface area (TPSA) is 84.9 Å². The molecule has 0 bridgehead atoms. The molecule has 0 radical (unpaired) electrons. The standard InChI is InChI=1S/C21H39NO5/c1-5-8-10-11-12-15-21(25,14-7-3)16-13-18(19(23)26-4)22-20(24)27-17-9-6-2/h13,16,18,25H,5-12,14-15,17H2,1-4H3,(H,22,24)/b16-13+. The number of alkyl carbamates (subject to hydrolysis) is 1. The molecular formula is C21H39NO5. The third kappa shape index (κ3) is 12.5. The fourth-order valence-electron chi connectivity index (χ4n) is 2.83. The summed E-state index contributed by atoms with van der Waals surface area (Å²) in [5.74, 6) is -0.597. The van der Waals surface area contributed by atoms with Gasteiger partial charge in [-0.2, -0.15) is 0 Å². The van der Waals surface area contributed by atoms with Crippen LogP contribution in [0.25, 0.3) is 0 Å².